The summed E-state index contributed by atoms with van der Waals surface area (Å²) >= 11 is 14.1. The highest BCUT2D eigenvalue weighted by molar-refractivity contribution is 7.98. The summed E-state index contributed by atoms with van der Waals surface area (Å²) in [6.07, 6.45) is 0. The molecule has 0 aliphatic carbocycles. The Morgan fingerprint density at radius 3 is 2.46 bits per heavy atom. The van der Waals surface area contributed by atoms with Crippen molar-refractivity contribution < 1.29 is 4.74 Å². The molecule has 0 N–H and O–H groups in total. The highest BCUT2D eigenvalue weighted by Crippen LogP contribution is 2.31. The molecule has 1 heterocycles. The van der Waals surface area contributed by atoms with Gasteiger partial charge in [-0.3, -0.25) is 0 Å². The van der Waals surface area contributed by atoms with E-state index in [0.29, 0.717) is 22.4 Å². The Labute approximate surface area is 167 Å². The third kappa shape index (κ3) is 4.34. The third-order valence-corrected chi connectivity index (χ3v) is 5.67. The van der Waals surface area contributed by atoms with Crippen LogP contribution in [0.1, 0.15) is 23.9 Å². The van der Waals surface area contributed by atoms with Crippen LogP contribution in [0.4, 0.5) is 0 Å². The summed E-state index contributed by atoms with van der Waals surface area (Å²) in [4.78, 5) is 0. The summed E-state index contributed by atoms with van der Waals surface area (Å²) < 4.78 is 7.95. The van der Waals surface area contributed by atoms with E-state index in [9.17, 15) is 0 Å². The van der Waals surface area contributed by atoms with Crippen LogP contribution in [0.15, 0.2) is 47.6 Å². The first-order valence-electron chi connectivity index (χ1n) is 8.26. The number of aryl methyl sites for hydroxylation is 1. The lowest BCUT2D eigenvalue weighted by molar-refractivity contribution is 0.286. The molecule has 7 heteroatoms. The number of hydrogen-bond acceptors (Lipinski definition) is 4. The summed E-state index contributed by atoms with van der Waals surface area (Å²) in [5.74, 6) is 2.29. The van der Waals surface area contributed by atoms with Crippen LogP contribution in [-0.4, -0.2) is 14.8 Å². The first-order valence-corrected chi connectivity index (χ1v) is 10.0. The molecule has 0 saturated carbocycles. The number of thioether (sulfide) groups is 1. The van der Waals surface area contributed by atoms with Crippen molar-refractivity contribution in [3.05, 3.63) is 69.5 Å². The number of nitrogens with zero attached hydrogens (tertiary/aromatic N) is 3. The molecular formula is C19H19Cl2N3OS. The second kappa shape index (κ2) is 8.80. The van der Waals surface area contributed by atoms with Crippen molar-refractivity contribution in [2.75, 3.05) is 0 Å². The Morgan fingerprint density at radius 2 is 1.77 bits per heavy atom. The van der Waals surface area contributed by atoms with Gasteiger partial charge in [-0.1, -0.05) is 59.2 Å². The van der Waals surface area contributed by atoms with E-state index in [1.165, 1.54) is 0 Å². The molecule has 3 aromatic rings. The molecule has 0 spiro atoms. The molecule has 1 aromatic heterocycles. The molecule has 26 heavy (non-hydrogen) atoms. The first-order chi connectivity index (χ1) is 12.6. The van der Waals surface area contributed by atoms with Gasteiger partial charge >= 0.3 is 0 Å². The Balaban J connectivity index is 1.71. The van der Waals surface area contributed by atoms with Gasteiger partial charge in [0.1, 0.15) is 12.4 Å². The van der Waals surface area contributed by atoms with Crippen LogP contribution in [0.3, 0.4) is 0 Å². The number of aromatic nitrogens is 3. The number of para-hydroxylation sites is 1. The number of hydrogen-bond donors (Lipinski definition) is 0. The van der Waals surface area contributed by atoms with Gasteiger partial charge in [-0.15, -0.1) is 10.2 Å². The molecule has 0 atom stereocenters. The largest absolute Gasteiger partial charge is 0.485 e. The molecule has 2 aromatic carbocycles. The topological polar surface area (TPSA) is 39.9 Å². The molecule has 136 valence electrons. The van der Waals surface area contributed by atoms with E-state index >= 15 is 0 Å². The summed E-state index contributed by atoms with van der Waals surface area (Å²) in [5, 5.41) is 10.7. The molecular weight excluding hydrogens is 389 g/mol. The minimum absolute atomic E-state index is 0.374. The lowest BCUT2D eigenvalue weighted by atomic mass is 10.2. The minimum Gasteiger partial charge on any atom is -0.485 e. The lowest BCUT2D eigenvalue weighted by Crippen LogP contribution is -2.07. The van der Waals surface area contributed by atoms with Crippen LogP contribution >= 0.6 is 35.0 Å². The van der Waals surface area contributed by atoms with Crippen molar-refractivity contribution >= 4 is 35.0 Å². The Morgan fingerprint density at radius 1 is 1.04 bits per heavy atom. The van der Waals surface area contributed by atoms with E-state index in [4.69, 9.17) is 27.9 Å². The number of rotatable bonds is 7. The lowest BCUT2D eigenvalue weighted by Gasteiger charge is -2.11. The molecule has 0 amide bonds. The maximum atomic E-state index is 6.25. The summed E-state index contributed by atoms with van der Waals surface area (Å²) in [6.45, 7) is 5.22. The molecule has 3 rings (SSSR count). The summed E-state index contributed by atoms with van der Waals surface area (Å²) in [6, 6.07) is 13.5. The fraction of sp³-hybridized carbons (Fsp3) is 0.263. The summed E-state index contributed by atoms with van der Waals surface area (Å²) in [7, 11) is 0. The SMILES string of the molecule is CCn1c(COc2ccccc2C)nnc1SCc1c(Cl)cccc1Cl. The van der Waals surface area contributed by atoms with Gasteiger partial charge in [0.25, 0.3) is 0 Å². The van der Waals surface area contributed by atoms with Gasteiger partial charge in [0.05, 0.1) is 0 Å². The van der Waals surface area contributed by atoms with Crippen molar-refractivity contribution in [3.8, 4) is 5.75 Å². The van der Waals surface area contributed by atoms with Gasteiger partial charge in [0.15, 0.2) is 11.0 Å². The number of halogens is 2. The molecule has 0 aliphatic heterocycles. The van der Waals surface area contributed by atoms with Crippen LogP contribution < -0.4 is 4.74 Å². The maximum Gasteiger partial charge on any atom is 0.191 e. The van der Waals surface area contributed by atoms with E-state index in [2.05, 4.69) is 17.1 Å². The van der Waals surface area contributed by atoms with E-state index in [-0.39, 0.29) is 0 Å². The molecule has 0 fully saturated rings. The monoisotopic (exact) mass is 407 g/mol. The highest BCUT2D eigenvalue weighted by atomic mass is 35.5. The molecule has 0 unspecified atom stereocenters. The van der Waals surface area contributed by atoms with E-state index in [1.54, 1.807) is 11.8 Å². The molecule has 0 radical (unpaired) electrons. The molecule has 0 aliphatic rings. The van der Waals surface area contributed by atoms with Gasteiger partial charge in [0, 0.05) is 22.3 Å². The second-order valence-electron chi connectivity index (χ2n) is 5.69. The van der Waals surface area contributed by atoms with Crippen LogP contribution in [0, 0.1) is 6.92 Å². The second-order valence-corrected chi connectivity index (χ2v) is 7.44. The molecule has 4 nitrogen and oxygen atoms in total. The van der Waals surface area contributed by atoms with Crippen molar-refractivity contribution in [3.63, 3.8) is 0 Å². The summed E-state index contributed by atoms with van der Waals surface area (Å²) in [5.41, 5.74) is 2.00. The quantitative estimate of drug-likeness (QED) is 0.465. The zero-order valence-corrected chi connectivity index (χ0v) is 16.9. The Kier molecular flexibility index (Phi) is 6.46. The van der Waals surface area contributed by atoms with Gasteiger partial charge in [0.2, 0.25) is 0 Å². The van der Waals surface area contributed by atoms with E-state index in [1.807, 2.05) is 54.0 Å². The van der Waals surface area contributed by atoms with Crippen molar-refractivity contribution in [1.29, 1.82) is 0 Å². The fourth-order valence-electron chi connectivity index (χ4n) is 2.52. The zero-order valence-electron chi connectivity index (χ0n) is 14.6. The van der Waals surface area contributed by atoms with E-state index in [0.717, 1.165) is 34.4 Å². The van der Waals surface area contributed by atoms with E-state index < -0.39 is 0 Å². The van der Waals surface area contributed by atoms with Crippen LogP contribution in [-0.2, 0) is 18.9 Å². The van der Waals surface area contributed by atoms with Gasteiger partial charge in [-0.2, -0.15) is 0 Å². The Hall–Kier alpha value is -1.69. The smallest absolute Gasteiger partial charge is 0.191 e. The van der Waals surface area contributed by atoms with Crippen molar-refractivity contribution in [2.45, 2.75) is 37.9 Å². The number of benzene rings is 2. The maximum absolute atomic E-state index is 6.25. The molecule has 0 bridgehead atoms. The first kappa shape index (κ1) is 19.1. The van der Waals surface area contributed by atoms with Crippen LogP contribution in [0.2, 0.25) is 10.0 Å². The normalized spacial score (nSPS) is 10.9. The predicted octanol–water partition coefficient (Wildman–Crippen LogP) is 5.78. The number of ether oxygens (including phenoxy) is 1. The Bertz CT molecular complexity index is 878. The van der Waals surface area contributed by atoms with Crippen molar-refractivity contribution in [1.82, 2.24) is 14.8 Å². The highest BCUT2D eigenvalue weighted by Gasteiger charge is 2.14. The zero-order chi connectivity index (χ0) is 18.5. The van der Waals surface area contributed by atoms with Crippen molar-refractivity contribution in [2.24, 2.45) is 0 Å². The predicted molar refractivity (Wildman–Crippen MR) is 107 cm³/mol. The van der Waals surface area contributed by atoms with Gasteiger partial charge in [-0.25, -0.2) is 0 Å². The third-order valence-electron chi connectivity index (χ3n) is 3.97. The molecule has 0 saturated heterocycles. The standard InChI is InChI=1S/C19H19Cl2N3OS/c1-3-24-18(11-25-17-10-5-4-7-13(17)2)22-23-19(24)26-12-14-15(20)8-6-9-16(14)21/h4-10H,3,11-12H2,1-2H3. The van der Waals surface area contributed by atoms with Gasteiger partial charge < -0.3 is 9.30 Å². The van der Waals surface area contributed by atoms with Gasteiger partial charge in [-0.05, 0) is 43.2 Å². The average Bonchev–Trinajstić information content (AvgIpc) is 3.02. The van der Waals surface area contributed by atoms with Crippen LogP contribution in [0.5, 0.6) is 5.75 Å². The fourth-order valence-corrected chi connectivity index (χ4v) is 4.28. The average molecular weight is 408 g/mol. The minimum atomic E-state index is 0.374. The van der Waals surface area contributed by atoms with Crippen LogP contribution in [0.25, 0.3) is 0 Å².